The average molecular weight is 286 g/mol. The van der Waals surface area contributed by atoms with Crippen LogP contribution in [0.5, 0.6) is 0 Å². The van der Waals surface area contributed by atoms with Gasteiger partial charge in [0.1, 0.15) is 11.0 Å². The highest BCUT2D eigenvalue weighted by atomic mass is 32.1. The largest absolute Gasteiger partial charge is 0.354 e. The molecule has 0 aliphatic heterocycles. The molecular weight excluding hydrogens is 272 g/mol. The van der Waals surface area contributed by atoms with Gasteiger partial charge in [0.15, 0.2) is 0 Å². The van der Waals surface area contributed by atoms with Gasteiger partial charge in [-0.1, -0.05) is 0 Å². The van der Waals surface area contributed by atoms with Crippen molar-refractivity contribution in [2.45, 2.75) is 13.0 Å². The lowest BCUT2D eigenvalue weighted by Crippen LogP contribution is -2.25. The van der Waals surface area contributed by atoms with Crippen molar-refractivity contribution in [2.24, 2.45) is 0 Å². The Morgan fingerprint density at radius 3 is 2.85 bits per heavy atom. The first kappa shape index (κ1) is 12.8. The number of hydrogen-bond acceptors (Lipinski definition) is 4. The standard InChI is InChI=1S/C14H14N4OS/c19-14(15-6-3-9-18-7-1-2-8-18)11-4-5-12-13(10-11)17-20-16-12/h1-2,4-5,7-8,10H,3,6,9H2,(H,15,19). The molecule has 1 aromatic carbocycles. The summed E-state index contributed by atoms with van der Waals surface area (Å²) in [6.07, 6.45) is 4.94. The first-order chi connectivity index (χ1) is 9.83. The Bertz CT molecular complexity index is 705. The van der Waals surface area contributed by atoms with E-state index in [1.54, 1.807) is 12.1 Å². The number of rotatable bonds is 5. The molecule has 0 aliphatic rings. The summed E-state index contributed by atoms with van der Waals surface area (Å²) in [6, 6.07) is 9.38. The molecule has 1 amide bonds. The Balaban J connectivity index is 1.53. The summed E-state index contributed by atoms with van der Waals surface area (Å²) in [5.74, 6) is -0.0626. The van der Waals surface area contributed by atoms with Gasteiger partial charge in [-0.2, -0.15) is 8.75 Å². The summed E-state index contributed by atoms with van der Waals surface area (Å²) in [6.45, 7) is 1.56. The maximum Gasteiger partial charge on any atom is 0.251 e. The molecule has 1 N–H and O–H groups in total. The molecule has 6 heteroatoms. The molecule has 2 aromatic heterocycles. The van der Waals surface area contributed by atoms with Gasteiger partial charge in [-0.05, 0) is 36.8 Å². The molecule has 0 radical (unpaired) electrons. The highest BCUT2D eigenvalue weighted by Crippen LogP contribution is 2.13. The van der Waals surface area contributed by atoms with Crippen molar-refractivity contribution in [1.82, 2.24) is 18.6 Å². The minimum atomic E-state index is -0.0626. The fraction of sp³-hybridized carbons (Fsp3) is 0.214. The third-order valence-corrected chi connectivity index (χ3v) is 3.62. The Morgan fingerprint density at radius 1 is 1.20 bits per heavy atom. The van der Waals surface area contributed by atoms with Gasteiger partial charge in [-0.25, -0.2) is 0 Å². The van der Waals surface area contributed by atoms with Gasteiger partial charge in [0.25, 0.3) is 5.91 Å². The maximum atomic E-state index is 12.0. The number of hydrogen-bond donors (Lipinski definition) is 1. The van der Waals surface area contributed by atoms with Crippen molar-refractivity contribution in [3.8, 4) is 0 Å². The Kier molecular flexibility index (Phi) is 3.73. The van der Waals surface area contributed by atoms with Crippen LogP contribution in [0.25, 0.3) is 11.0 Å². The first-order valence-electron chi connectivity index (χ1n) is 6.44. The average Bonchev–Trinajstić information content (AvgIpc) is 3.13. The van der Waals surface area contributed by atoms with E-state index in [0.717, 1.165) is 35.7 Å². The highest BCUT2D eigenvalue weighted by Gasteiger charge is 2.07. The van der Waals surface area contributed by atoms with Crippen LogP contribution in [0, 0.1) is 0 Å². The summed E-state index contributed by atoms with van der Waals surface area (Å²) in [7, 11) is 0. The zero-order chi connectivity index (χ0) is 13.8. The van der Waals surface area contributed by atoms with Crippen molar-refractivity contribution in [3.05, 3.63) is 48.3 Å². The molecule has 20 heavy (non-hydrogen) atoms. The lowest BCUT2D eigenvalue weighted by molar-refractivity contribution is 0.0953. The molecule has 3 rings (SSSR count). The first-order valence-corrected chi connectivity index (χ1v) is 7.17. The molecule has 0 spiro atoms. The van der Waals surface area contributed by atoms with Crippen molar-refractivity contribution >= 4 is 28.7 Å². The summed E-state index contributed by atoms with van der Waals surface area (Å²) >= 11 is 1.16. The second-order valence-corrected chi connectivity index (χ2v) is 5.03. The monoisotopic (exact) mass is 286 g/mol. The summed E-state index contributed by atoms with van der Waals surface area (Å²) in [4.78, 5) is 12.0. The van der Waals surface area contributed by atoms with Crippen LogP contribution < -0.4 is 5.32 Å². The van der Waals surface area contributed by atoms with Crippen LogP contribution in [0.1, 0.15) is 16.8 Å². The summed E-state index contributed by atoms with van der Waals surface area (Å²) in [5, 5.41) is 2.92. The Labute approximate surface area is 120 Å². The second kappa shape index (κ2) is 5.83. The normalized spacial score (nSPS) is 10.8. The van der Waals surface area contributed by atoms with Crippen molar-refractivity contribution in [2.75, 3.05) is 6.54 Å². The van der Waals surface area contributed by atoms with E-state index < -0.39 is 0 Å². The van der Waals surface area contributed by atoms with Crippen molar-refractivity contribution < 1.29 is 4.79 Å². The van der Waals surface area contributed by atoms with Crippen LogP contribution in [-0.2, 0) is 6.54 Å². The van der Waals surface area contributed by atoms with Crippen molar-refractivity contribution in [3.63, 3.8) is 0 Å². The van der Waals surface area contributed by atoms with Gasteiger partial charge in [-0.3, -0.25) is 4.79 Å². The molecule has 3 aromatic rings. The highest BCUT2D eigenvalue weighted by molar-refractivity contribution is 7.00. The fourth-order valence-electron chi connectivity index (χ4n) is 2.01. The summed E-state index contributed by atoms with van der Waals surface area (Å²) in [5.41, 5.74) is 2.24. The van der Waals surface area contributed by atoms with Crippen LogP contribution in [-0.4, -0.2) is 25.8 Å². The minimum absolute atomic E-state index is 0.0626. The number of nitrogens with one attached hydrogen (secondary N) is 1. The second-order valence-electron chi connectivity index (χ2n) is 4.50. The minimum Gasteiger partial charge on any atom is -0.354 e. The van der Waals surface area contributed by atoms with Crippen molar-refractivity contribution in [1.29, 1.82) is 0 Å². The molecule has 102 valence electrons. The van der Waals surface area contributed by atoms with E-state index in [-0.39, 0.29) is 5.91 Å². The molecular formula is C14H14N4OS. The van der Waals surface area contributed by atoms with E-state index in [1.165, 1.54) is 0 Å². The lowest BCUT2D eigenvalue weighted by atomic mass is 10.2. The molecule has 0 saturated carbocycles. The molecule has 0 bridgehead atoms. The van der Waals surface area contributed by atoms with E-state index in [1.807, 2.05) is 30.6 Å². The van der Waals surface area contributed by atoms with E-state index in [2.05, 4.69) is 18.6 Å². The lowest BCUT2D eigenvalue weighted by Gasteiger charge is -2.06. The van der Waals surface area contributed by atoms with Gasteiger partial charge in [0.2, 0.25) is 0 Å². The quantitative estimate of drug-likeness (QED) is 0.732. The number of fused-ring (bicyclic) bond motifs is 1. The topological polar surface area (TPSA) is 59.8 Å². The molecule has 5 nitrogen and oxygen atoms in total. The molecule has 0 atom stereocenters. The molecule has 0 fully saturated rings. The third kappa shape index (κ3) is 2.85. The number of carbonyl (C=O) groups excluding carboxylic acids is 1. The number of aromatic nitrogens is 3. The predicted molar refractivity (Wildman–Crippen MR) is 78.8 cm³/mol. The van der Waals surface area contributed by atoms with Crippen LogP contribution in [0.15, 0.2) is 42.7 Å². The van der Waals surface area contributed by atoms with E-state index in [9.17, 15) is 4.79 Å². The Hall–Kier alpha value is -2.21. The van der Waals surface area contributed by atoms with Crippen LogP contribution in [0.3, 0.4) is 0 Å². The Morgan fingerprint density at radius 2 is 2.00 bits per heavy atom. The van der Waals surface area contributed by atoms with E-state index in [0.29, 0.717) is 12.1 Å². The number of carbonyl (C=O) groups is 1. The van der Waals surface area contributed by atoms with Gasteiger partial charge in [0, 0.05) is 31.0 Å². The fourth-order valence-corrected chi connectivity index (χ4v) is 2.53. The van der Waals surface area contributed by atoms with Crippen LogP contribution in [0.2, 0.25) is 0 Å². The van der Waals surface area contributed by atoms with E-state index in [4.69, 9.17) is 0 Å². The van der Waals surface area contributed by atoms with Crippen LogP contribution in [0.4, 0.5) is 0 Å². The third-order valence-electron chi connectivity index (χ3n) is 3.06. The SMILES string of the molecule is O=C(NCCCn1cccc1)c1ccc2nsnc2c1. The zero-order valence-corrected chi connectivity index (χ0v) is 11.6. The predicted octanol–water partition coefficient (Wildman–Crippen LogP) is 2.31. The number of benzene rings is 1. The zero-order valence-electron chi connectivity index (χ0n) is 10.8. The number of nitrogens with zero attached hydrogens (tertiary/aromatic N) is 3. The molecule has 0 saturated heterocycles. The van der Waals surface area contributed by atoms with Gasteiger partial charge in [-0.15, -0.1) is 0 Å². The number of aryl methyl sites for hydroxylation is 1. The molecule has 2 heterocycles. The van der Waals surface area contributed by atoms with Gasteiger partial charge < -0.3 is 9.88 Å². The molecule has 0 unspecified atom stereocenters. The maximum absolute atomic E-state index is 12.0. The summed E-state index contributed by atoms with van der Waals surface area (Å²) < 4.78 is 10.4. The smallest absolute Gasteiger partial charge is 0.251 e. The van der Waals surface area contributed by atoms with E-state index >= 15 is 0 Å². The number of amides is 1. The van der Waals surface area contributed by atoms with Gasteiger partial charge >= 0.3 is 0 Å². The van der Waals surface area contributed by atoms with Gasteiger partial charge in [0.05, 0.1) is 11.7 Å². The van der Waals surface area contributed by atoms with Crippen LogP contribution >= 0.6 is 11.7 Å². The molecule has 0 aliphatic carbocycles.